The number of likely N-dealkylation sites (N-methyl/N-ethyl adjacent to an activating group) is 1. The lowest BCUT2D eigenvalue weighted by atomic mass is 10.0. The number of hydrogen-bond donors (Lipinski definition) is 1. The number of nitrogens with one attached hydrogen (secondary N) is 1. The number of carbonyl (C=O) groups excluding carboxylic acids is 2. The minimum Gasteiger partial charge on any atom is -0.357 e. The highest BCUT2D eigenvalue weighted by Crippen LogP contribution is 2.29. The van der Waals surface area contributed by atoms with Gasteiger partial charge in [-0.1, -0.05) is 69.3 Å². The highest BCUT2D eigenvalue weighted by Gasteiger charge is 2.32. The molecule has 8 heteroatoms. The molecule has 0 bridgehead atoms. The van der Waals surface area contributed by atoms with Gasteiger partial charge < -0.3 is 10.2 Å². The third kappa shape index (κ3) is 6.32. The summed E-state index contributed by atoms with van der Waals surface area (Å²) in [4.78, 5) is 27.5. The van der Waals surface area contributed by atoms with Crippen molar-refractivity contribution in [1.29, 1.82) is 0 Å². The van der Waals surface area contributed by atoms with Gasteiger partial charge in [0.15, 0.2) is 0 Å². The van der Waals surface area contributed by atoms with Crippen molar-refractivity contribution < 1.29 is 18.0 Å². The van der Waals surface area contributed by atoms with E-state index in [1.165, 1.54) is 11.9 Å². The maximum Gasteiger partial charge on any atom is 0.244 e. The molecule has 1 atom stereocenters. The van der Waals surface area contributed by atoms with Gasteiger partial charge in [-0.3, -0.25) is 13.9 Å². The SMILES string of the molecule is CC[C@H](C(=O)NC)N(Cc1ccccc1)C(=O)CN(c1ccccc1C(C)C)S(C)(=O)=O. The van der Waals surface area contributed by atoms with E-state index in [2.05, 4.69) is 5.32 Å². The Balaban J connectivity index is 2.47. The molecule has 2 aromatic rings. The van der Waals surface area contributed by atoms with Crippen LogP contribution in [0.3, 0.4) is 0 Å². The lowest BCUT2D eigenvalue weighted by molar-refractivity contribution is -0.140. The smallest absolute Gasteiger partial charge is 0.244 e. The fourth-order valence-corrected chi connectivity index (χ4v) is 4.53. The predicted molar refractivity (Wildman–Crippen MR) is 128 cm³/mol. The molecule has 0 heterocycles. The molecule has 0 aliphatic heterocycles. The zero-order chi connectivity index (χ0) is 23.9. The number of sulfonamides is 1. The number of anilines is 1. The number of nitrogens with zero attached hydrogens (tertiary/aromatic N) is 2. The predicted octanol–water partition coefficient (Wildman–Crippen LogP) is 3.13. The van der Waals surface area contributed by atoms with Crippen molar-refractivity contribution in [2.45, 2.75) is 45.7 Å². The van der Waals surface area contributed by atoms with E-state index in [9.17, 15) is 18.0 Å². The quantitative estimate of drug-likeness (QED) is 0.591. The van der Waals surface area contributed by atoms with Gasteiger partial charge in [0.05, 0.1) is 11.9 Å². The number of rotatable bonds is 10. The molecule has 2 amide bonds. The Kier molecular flexibility index (Phi) is 8.83. The van der Waals surface area contributed by atoms with Crippen LogP contribution in [0.25, 0.3) is 0 Å². The van der Waals surface area contributed by atoms with Gasteiger partial charge in [0.2, 0.25) is 21.8 Å². The number of hydrogen-bond acceptors (Lipinski definition) is 4. The second kappa shape index (κ2) is 11.1. The van der Waals surface area contributed by atoms with Gasteiger partial charge in [0, 0.05) is 13.6 Å². The molecular formula is C24H33N3O4S. The Morgan fingerprint density at radius 3 is 2.12 bits per heavy atom. The average molecular weight is 460 g/mol. The van der Waals surface area contributed by atoms with Crippen LogP contribution in [-0.4, -0.2) is 51.0 Å². The molecule has 0 aromatic heterocycles. The third-order valence-corrected chi connectivity index (χ3v) is 6.46. The van der Waals surface area contributed by atoms with E-state index in [1.54, 1.807) is 12.1 Å². The summed E-state index contributed by atoms with van der Waals surface area (Å²) in [6, 6.07) is 15.8. The molecule has 32 heavy (non-hydrogen) atoms. The van der Waals surface area contributed by atoms with E-state index in [0.29, 0.717) is 12.1 Å². The van der Waals surface area contributed by atoms with Crippen LogP contribution >= 0.6 is 0 Å². The summed E-state index contributed by atoms with van der Waals surface area (Å²) < 4.78 is 26.6. The summed E-state index contributed by atoms with van der Waals surface area (Å²) in [5.41, 5.74) is 2.17. The zero-order valence-corrected chi connectivity index (χ0v) is 20.2. The molecule has 0 aliphatic rings. The highest BCUT2D eigenvalue weighted by atomic mass is 32.2. The Bertz CT molecular complexity index is 1020. The van der Waals surface area contributed by atoms with Crippen molar-refractivity contribution >= 4 is 27.5 Å². The van der Waals surface area contributed by atoms with Crippen molar-refractivity contribution in [2.75, 3.05) is 24.2 Å². The van der Waals surface area contributed by atoms with Crippen molar-refractivity contribution in [3.8, 4) is 0 Å². The van der Waals surface area contributed by atoms with E-state index in [1.807, 2.05) is 63.2 Å². The standard InChI is InChI=1S/C24H33N3O4S/c1-6-21(24(29)25-4)26(16-19-12-8-7-9-13-19)23(28)17-27(32(5,30)31)22-15-11-10-14-20(22)18(2)3/h7-15,18,21H,6,16-17H2,1-5H3,(H,25,29)/t21-/m1/s1. The van der Waals surface area contributed by atoms with Crippen LogP contribution in [0.4, 0.5) is 5.69 Å². The Morgan fingerprint density at radius 1 is 1.00 bits per heavy atom. The van der Waals surface area contributed by atoms with Crippen molar-refractivity contribution in [1.82, 2.24) is 10.2 Å². The van der Waals surface area contributed by atoms with Gasteiger partial charge in [0.1, 0.15) is 12.6 Å². The van der Waals surface area contributed by atoms with Gasteiger partial charge in [-0.15, -0.1) is 0 Å². The topological polar surface area (TPSA) is 86.8 Å². The maximum atomic E-state index is 13.5. The molecule has 0 unspecified atom stereocenters. The summed E-state index contributed by atoms with van der Waals surface area (Å²) in [6.07, 6.45) is 1.49. The molecule has 2 aromatic carbocycles. The van der Waals surface area contributed by atoms with Gasteiger partial charge in [0.25, 0.3) is 0 Å². The van der Waals surface area contributed by atoms with Crippen LogP contribution in [0.5, 0.6) is 0 Å². The average Bonchev–Trinajstić information content (AvgIpc) is 2.76. The van der Waals surface area contributed by atoms with Crippen LogP contribution in [0.1, 0.15) is 44.2 Å². The number of amides is 2. The summed E-state index contributed by atoms with van der Waals surface area (Å²) in [5.74, 6) is -0.654. The Labute approximate surface area is 191 Å². The van der Waals surface area contributed by atoms with Gasteiger partial charge in [-0.2, -0.15) is 0 Å². The highest BCUT2D eigenvalue weighted by molar-refractivity contribution is 7.92. The molecule has 0 saturated heterocycles. The molecule has 1 N–H and O–H groups in total. The Morgan fingerprint density at radius 2 is 1.59 bits per heavy atom. The van der Waals surface area contributed by atoms with Crippen molar-refractivity contribution in [3.63, 3.8) is 0 Å². The fraction of sp³-hybridized carbons (Fsp3) is 0.417. The summed E-state index contributed by atoms with van der Waals surface area (Å²) in [5, 5.41) is 2.61. The molecule has 7 nitrogen and oxygen atoms in total. The molecule has 0 spiro atoms. The van der Waals surface area contributed by atoms with Crippen LogP contribution < -0.4 is 9.62 Å². The van der Waals surface area contributed by atoms with Gasteiger partial charge in [-0.05, 0) is 29.5 Å². The van der Waals surface area contributed by atoms with Crippen LogP contribution in [0.2, 0.25) is 0 Å². The number of para-hydroxylation sites is 1. The summed E-state index contributed by atoms with van der Waals surface area (Å²) in [6.45, 7) is 5.59. The lowest BCUT2D eigenvalue weighted by Gasteiger charge is -2.33. The van der Waals surface area contributed by atoms with E-state index in [-0.39, 0.29) is 24.9 Å². The lowest BCUT2D eigenvalue weighted by Crippen LogP contribution is -2.51. The second-order valence-electron chi connectivity index (χ2n) is 8.03. The van der Waals surface area contributed by atoms with Gasteiger partial charge in [-0.25, -0.2) is 8.42 Å². The van der Waals surface area contributed by atoms with Crippen LogP contribution in [-0.2, 0) is 26.2 Å². The van der Waals surface area contributed by atoms with Crippen molar-refractivity contribution in [2.24, 2.45) is 0 Å². The van der Waals surface area contributed by atoms with E-state index in [0.717, 1.165) is 21.7 Å². The third-order valence-electron chi connectivity index (χ3n) is 5.33. The largest absolute Gasteiger partial charge is 0.357 e. The zero-order valence-electron chi connectivity index (χ0n) is 19.4. The first-order valence-electron chi connectivity index (χ1n) is 10.7. The first-order valence-corrected chi connectivity index (χ1v) is 12.6. The number of benzene rings is 2. The first-order chi connectivity index (χ1) is 15.1. The van der Waals surface area contributed by atoms with Crippen molar-refractivity contribution in [3.05, 3.63) is 65.7 Å². The molecule has 0 fully saturated rings. The van der Waals surface area contributed by atoms with E-state index >= 15 is 0 Å². The van der Waals surface area contributed by atoms with Crippen LogP contribution in [0, 0.1) is 0 Å². The maximum absolute atomic E-state index is 13.5. The minimum atomic E-state index is -3.75. The summed E-state index contributed by atoms with van der Waals surface area (Å²) in [7, 11) is -2.22. The molecule has 2 rings (SSSR count). The number of carbonyl (C=O) groups is 2. The normalized spacial score (nSPS) is 12.3. The van der Waals surface area contributed by atoms with Gasteiger partial charge >= 0.3 is 0 Å². The van der Waals surface area contributed by atoms with Crippen LogP contribution in [0.15, 0.2) is 54.6 Å². The Hall–Kier alpha value is -2.87. The van der Waals surface area contributed by atoms with E-state index < -0.39 is 22.0 Å². The van der Waals surface area contributed by atoms with E-state index in [4.69, 9.17) is 0 Å². The second-order valence-corrected chi connectivity index (χ2v) is 9.94. The monoisotopic (exact) mass is 459 g/mol. The fourth-order valence-electron chi connectivity index (χ4n) is 3.66. The minimum absolute atomic E-state index is 0.0697. The molecule has 0 radical (unpaired) electrons. The molecular weight excluding hydrogens is 426 g/mol. The molecule has 0 saturated carbocycles. The summed E-state index contributed by atoms with van der Waals surface area (Å²) >= 11 is 0. The molecule has 174 valence electrons. The molecule has 0 aliphatic carbocycles. The first kappa shape index (κ1) is 25.4.